The van der Waals surface area contributed by atoms with Crippen molar-refractivity contribution in [1.82, 2.24) is 5.32 Å². The summed E-state index contributed by atoms with van der Waals surface area (Å²) in [5.74, 6) is 0.417. The van der Waals surface area contributed by atoms with Gasteiger partial charge in [-0.15, -0.1) is 0 Å². The molecule has 0 heterocycles. The molecule has 1 N–H and O–H groups in total. The molecule has 0 bridgehead atoms. The van der Waals surface area contributed by atoms with Crippen molar-refractivity contribution in [1.29, 1.82) is 0 Å². The molecular formula is C24H23NO5. The van der Waals surface area contributed by atoms with Crippen LogP contribution in [0.2, 0.25) is 0 Å². The molecule has 30 heavy (non-hydrogen) atoms. The van der Waals surface area contributed by atoms with Crippen molar-refractivity contribution in [2.45, 2.75) is 13.2 Å². The molecule has 154 valence electrons. The van der Waals surface area contributed by atoms with Crippen LogP contribution < -0.4 is 14.8 Å². The van der Waals surface area contributed by atoms with Gasteiger partial charge in [0.25, 0.3) is 5.91 Å². The van der Waals surface area contributed by atoms with E-state index in [2.05, 4.69) is 5.32 Å². The summed E-state index contributed by atoms with van der Waals surface area (Å²) < 4.78 is 16.2. The highest BCUT2D eigenvalue weighted by Gasteiger charge is 2.15. The van der Waals surface area contributed by atoms with E-state index in [1.54, 1.807) is 25.3 Å². The zero-order chi connectivity index (χ0) is 21.2. The Balaban J connectivity index is 1.52. The largest absolute Gasteiger partial charge is 0.496 e. The number of carbonyl (C=O) groups is 2. The van der Waals surface area contributed by atoms with Crippen LogP contribution in [0.4, 0.5) is 0 Å². The Labute approximate surface area is 175 Å². The molecule has 0 saturated carbocycles. The topological polar surface area (TPSA) is 73.9 Å². The van der Waals surface area contributed by atoms with Crippen LogP contribution >= 0.6 is 0 Å². The maximum absolute atomic E-state index is 12.5. The van der Waals surface area contributed by atoms with Crippen LogP contribution in [-0.4, -0.2) is 25.6 Å². The van der Waals surface area contributed by atoms with E-state index in [-0.39, 0.29) is 19.8 Å². The first-order chi connectivity index (χ1) is 14.7. The number of methoxy groups -OCH3 is 1. The van der Waals surface area contributed by atoms with E-state index < -0.39 is 11.9 Å². The Morgan fingerprint density at radius 2 is 1.50 bits per heavy atom. The summed E-state index contributed by atoms with van der Waals surface area (Å²) in [6, 6.07) is 23.7. The first kappa shape index (κ1) is 20.9. The molecule has 6 nitrogen and oxygen atoms in total. The molecule has 3 aromatic carbocycles. The SMILES string of the molecule is COc1ccccc1CNC(=O)COC(=O)c1ccccc1COc1ccccc1. The van der Waals surface area contributed by atoms with Gasteiger partial charge in [0.05, 0.1) is 12.7 Å². The summed E-state index contributed by atoms with van der Waals surface area (Å²) in [6.45, 7) is 0.124. The Kier molecular flexibility index (Phi) is 7.44. The van der Waals surface area contributed by atoms with E-state index in [9.17, 15) is 9.59 Å². The van der Waals surface area contributed by atoms with Gasteiger partial charge in [0.1, 0.15) is 18.1 Å². The van der Waals surface area contributed by atoms with E-state index in [1.807, 2.05) is 60.7 Å². The van der Waals surface area contributed by atoms with Gasteiger partial charge in [0, 0.05) is 17.7 Å². The summed E-state index contributed by atoms with van der Waals surface area (Å²) in [7, 11) is 1.57. The number of carbonyl (C=O) groups excluding carboxylic acids is 2. The fraction of sp³-hybridized carbons (Fsp3) is 0.167. The number of benzene rings is 3. The Morgan fingerprint density at radius 1 is 0.833 bits per heavy atom. The lowest BCUT2D eigenvalue weighted by Gasteiger charge is -2.12. The third kappa shape index (κ3) is 5.85. The number of ether oxygens (including phenoxy) is 3. The standard InChI is InChI=1S/C24H23NO5/c1-28-22-14-8-6-9-18(22)15-25-23(26)17-30-24(27)21-13-7-5-10-19(21)16-29-20-11-3-2-4-12-20/h2-14H,15-17H2,1H3,(H,25,26). The molecule has 0 fully saturated rings. The third-order valence-corrected chi connectivity index (χ3v) is 4.38. The van der Waals surface area contributed by atoms with E-state index in [1.165, 1.54) is 0 Å². The van der Waals surface area contributed by atoms with Crippen LogP contribution in [-0.2, 0) is 22.7 Å². The van der Waals surface area contributed by atoms with Crippen LogP contribution in [0.15, 0.2) is 78.9 Å². The van der Waals surface area contributed by atoms with Crippen molar-refractivity contribution >= 4 is 11.9 Å². The molecule has 0 saturated heterocycles. The number of para-hydroxylation sites is 2. The second kappa shape index (κ2) is 10.7. The monoisotopic (exact) mass is 405 g/mol. The van der Waals surface area contributed by atoms with Gasteiger partial charge in [0.2, 0.25) is 0 Å². The first-order valence-corrected chi connectivity index (χ1v) is 9.49. The summed E-state index contributed by atoms with van der Waals surface area (Å²) in [6.07, 6.45) is 0. The van der Waals surface area contributed by atoms with Gasteiger partial charge >= 0.3 is 5.97 Å². The van der Waals surface area contributed by atoms with Gasteiger partial charge in [-0.2, -0.15) is 0 Å². The number of hydrogen-bond donors (Lipinski definition) is 1. The summed E-state index contributed by atoms with van der Waals surface area (Å²) in [5, 5.41) is 2.72. The molecule has 0 unspecified atom stereocenters. The highest BCUT2D eigenvalue weighted by molar-refractivity contribution is 5.92. The smallest absolute Gasteiger partial charge is 0.339 e. The quantitative estimate of drug-likeness (QED) is 0.549. The van der Waals surface area contributed by atoms with E-state index in [4.69, 9.17) is 14.2 Å². The predicted octanol–water partition coefficient (Wildman–Crippen LogP) is 3.75. The molecule has 0 aliphatic heterocycles. The summed E-state index contributed by atoms with van der Waals surface area (Å²) in [5.41, 5.74) is 1.88. The first-order valence-electron chi connectivity index (χ1n) is 9.49. The van der Waals surface area contributed by atoms with Crippen LogP contribution in [0.1, 0.15) is 21.5 Å². The van der Waals surface area contributed by atoms with Gasteiger partial charge in [0.15, 0.2) is 6.61 Å². The van der Waals surface area contributed by atoms with Crippen molar-refractivity contribution in [3.05, 3.63) is 95.6 Å². The maximum Gasteiger partial charge on any atom is 0.339 e. The highest BCUT2D eigenvalue weighted by atomic mass is 16.5. The number of amides is 1. The zero-order valence-electron chi connectivity index (χ0n) is 16.7. The van der Waals surface area contributed by atoms with Crippen LogP contribution in [0.5, 0.6) is 11.5 Å². The normalized spacial score (nSPS) is 10.2. The zero-order valence-corrected chi connectivity index (χ0v) is 16.7. The minimum Gasteiger partial charge on any atom is -0.496 e. The van der Waals surface area contributed by atoms with Gasteiger partial charge in [-0.3, -0.25) is 4.79 Å². The lowest BCUT2D eigenvalue weighted by molar-refractivity contribution is -0.124. The van der Waals surface area contributed by atoms with Gasteiger partial charge in [-0.25, -0.2) is 4.79 Å². The van der Waals surface area contributed by atoms with Gasteiger partial charge in [-0.05, 0) is 24.3 Å². The molecule has 1 amide bonds. The summed E-state index contributed by atoms with van der Waals surface area (Å²) >= 11 is 0. The van der Waals surface area contributed by atoms with Crippen molar-refractivity contribution in [2.75, 3.05) is 13.7 Å². The molecule has 0 spiro atoms. The number of hydrogen-bond acceptors (Lipinski definition) is 5. The Hall–Kier alpha value is -3.80. The molecular weight excluding hydrogens is 382 g/mol. The van der Waals surface area contributed by atoms with E-state index in [0.29, 0.717) is 22.6 Å². The third-order valence-electron chi connectivity index (χ3n) is 4.38. The second-order valence-corrected chi connectivity index (χ2v) is 6.42. The molecule has 0 aliphatic rings. The van der Waals surface area contributed by atoms with Gasteiger partial charge in [-0.1, -0.05) is 54.6 Å². The lowest BCUT2D eigenvalue weighted by atomic mass is 10.1. The molecule has 6 heteroatoms. The van der Waals surface area contributed by atoms with Crippen LogP contribution in [0, 0.1) is 0 Å². The number of rotatable bonds is 9. The van der Waals surface area contributed by atoms with Crippen molar-refractivity contribution in [3.63, 3.8) is 0 Å². The van der Waals surface area contributed by atoms with Gasteiger partial charge < -0.3 is 19.5 Å². The minimum atomic E-state index is -0.574. The maximum atomic E-state index is 12.5. The van der Waals surface area contributed by atoms with Crippen LogP contribution in [0.25, 0.3) is 0 Å². The average Bonchev–Trinajstić information content (AvgIpc) is 2.80. The molecule has 0 aromatic heterocycles. The predicted molar refractivity (Wildman–Crippen MR) is 112 cm³/mol. The van der Waals surface area contributed by atoms with E-state index in [0.717, 1.165) is 5.56 Å². The minimum absolute atomic E-state index is 0.218. The Morgan fingerprint density at radius 3 is 2.27 bits per heavy atom. The van der Waals surface area contributed by atoms with Crippen molar-refractivity contribution in [3.8, 4) is 11.5 Å². The average molecular weight is 405 g/mol. The molecule has 0 aliphatic carbocycles. The molecule has 3 aromatic rings. The highest BCUT2D eigenvalue weighted by Crippen LogP contribution is 2.17. The molecule has 0 radical (unpaired) electrons. The molecule has 3 rings (SSSR count). The van der Waals surface area contributed by atoms with Crippen LogP contribution in [0.3, 0.4) is 0 Å². The van der Waals surface area contributed by atoms with E-state index >= 15 is 0 Å². The fourth-order valence-electron chi connectivity index (χ4n) is 2.83. The number of esters is 1. The second-order valence-electron chi connectivity index (χ2n) is 6.42. The Bertz CT molecular complexity index is 988. The summed E-state index contributed by atoms with van der Waals surface area (Å²) in [4.78, 5) is 24.6. The van der Waals surface area contributed by atoms with Crippen molar-refractivity contribution < 1.29 is 23.8 Å². The fourth-order valence-corrected chi connectivity index (χ4v) is 2.83. The van der Waals surface area contributed by atoms with Crippen molar-refractivity contribution in [2.24, 2.45) is 0 Å². The number of nitrogens with one attached hydrogen (secondary N) is 1. The molecule has 0 atom stereocenters. The lowest BCUT2D eigenvalue weighted by Crippen LogP contribution is -2.28.